The number of hydrogen-bond donors (Lipinski definition) is 0. The van der Waals surface area contributed by atoms with E-state index in [0.29, 0.717) is 0 Å². The van der Waals surface area contributed by atoms with Crippen molar-refractivity contribution in [1.82, 2.24) is 0 Å². The molecular weight excluding hydrogens is 329 g/mol. The Kier molecular flexibility index (Phi) is 2.69. The van der Waals surface area contributed by atoms with E-state index < -0.39 is 0 Å². The summed E-state index contributed by atoms with van der Waals surface area (Å²) in [4.78, 5) is 7.23. The minimum absolute atomic E-state index is 0.167. The monoisotopic (exact) mass is 339 g/mol. The van der Waals surface area contributed by atoms with E-state index >= 15 is 0 Å². The van der Waals surface area contributed by atoms with E-state index in [4.69, 9.17) is 4.84 Å². The summed E-state index contributed by atoms with van der Waals surface area (Å²) in [6.07, 6.45) is 1.93. The first kappa shape index (κ1) is 11.9. The van der Waals surface area contributed by atoms with Crippen LogP contribution in [0.15, 0.2) is 34.1 Å². The highest BCUT2D eigenvalue weighted by molar-refractivity contribution is 9.11. The summed E-state index contributed by atoms with van der Waals surface area (Å²) in [6.45, 7) is 0. The molecule has 1 fully saturated rings. The van der Waals surface area contributed by atoms with Crippen LogP contribution in [0.4, 0.5) is 10.1 Å². The van der Waals surface area contributed by atoms with Gasteiger partial charge < -0.3 is 0 Å². The van der Waals surface area contributed by atoms with Crippen LogP contribution in [0.5, 0.6) is 0 Å². The number of rotatable bonds is 1. The number of thiophene rings is 1. The Morgan fingerprint density at radius 3 is 3.00 bits per heavy atom. The summed E-state index contributed by atoms with van der Waals surface area (Å²) in [6, 6.07) is 9.39. The Labute approximate surface area is 122 Å². The third kappa shape index (κ3) is 1.91. The smallest absolute Gasteiger partial charge is 0.123 e. The number of hydrogen-bond acceptors (Lipinski definition) is 3. The van der Waals surface area contributed by atoms with Gasteiger partial charge in [0.2, 0.25) is 0 Å². The van der Waals surface area contributed by atoms with Crippen molar-refractivity contribution in [2.45, 2.75) is 25.0 Å². The normalized spacial score (nSPS) is 24.6. The number of benzene rings is 1. The van der Waals surface area contributed by atoms with E-state index in [2.05, 4.69) is 28.1 Å². The zero-order valence-electron chi connectivity index (χ0n) is 9.98. The molecule has 0 spiro atoms. The minimum Gasteiger partial charge on any atom is -0.269 e. The molecule has 0 radical (unpaired) electrons. The molecule has 2 atom stereocenters. The molecule has 2 aliphatic heterocycles. The molecule has 19 heavy (non-hydrogen) atoms. The molecule has 3 heterocycles. The molecule has 1 saturated heterocycles. The van der Waals surface area contributed by atoms with Crippen molar-refractivity contribution >= 4 is 33.0 Å². The van der Waals surface area contributed by atoms with Gasteiger partial charge in [-0.2, -0.15) is 0 Å². The Balaban J connectivity index is 1.77. The van der Waals surface area contributed by atoms with Crippen molar-refractivity contribution in [2.75, 3.05) is 5.06 Å². The topological polar surface area (TPSA) is 12.5 Å². The van der Waals surface area contributed by atoms with Crippen LogP contribution >= 0.6 is 27.3 Å². The van der Waals surface area contributed by atoms with Gasteiger partial charge in [-0.25, -0.2) is 9.45 Å². The van der Waals surface area contributed by atoms with E-state index in [1.54, 1.807) is 17.4 Å². The van der Waals surface area contributed by atoms with E-state index in [-0.39, 0.29) is 18.0 Å². The first-order valence-corrected chi connectivity index (χ1v) is 7.81. The Morgan fingerprint density at radius 2 is 2.21 bits per heavy atom. The number of fused-ring (bicyclic) bond motifs is 4. The Hall–Kier alpha value is -0.910. The number of halogens is 2. The van der Waals surface area contributed by atoms with Gasteiger partial charge >= 0.3 is 0 Å². The predicted octanol–water partition coefficient (Wildman–Crippen LogP) is 4.46. The molecule has 0 saturated carbocycles. The van der Waals surface area contributed by atoms with Crippen LogP contribution < -0.4 is 5.06 Å². The number of anilines is 1. The van der Waals surface area contributed by atoms with Crippen LogP contribution in [0.3, 0.4) is 0 Å². The van der Waals surface area contributed by atoms with Gasteiger partial charge in [0.05, 0.1) is 21.6 Å². The summed E-state index contributed by atoms with van der Waals surface area (Å²) in [7, 11) is 0. The van der Waals surface area contributed by atoms with Crippen LogP contribution in [0.25, 0.3) is 0 Å². The fraction of sp³-hybridized carbons (Fsp3) is 0.286. The maximum atomic E-state index is 13.3. The van der Waals surface area contributed by atoms with Gasteiger partial charge in [-0.15, -0.1) is 11.3 Å². The van der Waals surface area contributed by atoms with Crippen LogP contribution in [0.2, 0.25) is 0 Å². The maximum absolute atomic E-state index is 13.3. The summed E-state index contributed by atoms with van der Waals surface area (Å²) in [5.74, 6) is -0.170. The number of hydroxylamine groups is 1. The van der Waals surface area contributed by atoms with Crippen molar-refractivity contribution in [2.24, 2.45) is 0 Å². The molecule has 5 heteroatoms. The summed E-state index contributed by atoms with van der Waals surface area (Å²) in [5.41, 5.74) is 2.05. The largest absolute Gasteiger partial charge is 0.269 e. The fourth-order valence-electron chi connectivity index (χ4n) is 2.88. The molecular formula is C14H11BrFNOS. The van der Waals surface area contributed by atoms with Gasteiger partial charge in [0.15, 0.2) is 0 Å². The van der Waals surface area contributed by atoms with Crippen molar-refractivity contribution < 1.29 is 9.23 Å². The molecule has 0 N–H and O–H groups in total. The SMILES string of the molecule is Fc1ccc2c(c1)C[C@@H]1C[C@@H](c3ccc(Br)s3)N2O1. The zero-order chi connectivity index (χ0) is 13.0. The lowest BCUT2D eigenvalue weighted by Gasteiger charge is -2.29. The lowest BCUT2D eigenvalue weighted by molar-refractivity contribution is 0.0734. The second-order valence-corrected chi connectivity index (χ2v) is 7.42. The van der Waals surface area contributed by atoms with Crippen molar-refractivity contribution in [1.29, 1.82) is 0 Å². The average molecular weight is 340 g/mol. The Bertz CT molecular complexity index is 644. The quantitative estimate of drug-likeness (QED) is 0.760. The van der Waals surface area contributed by atoms with Gasteiger partial charge in [0, 0.05) is 17.7 Å². The van der Waals surface area contributed by atoms with Crippen LogP contribution in [0, 0.1) is 5.82 Å². The molecule has 2 aromatic rings. The Morgan fingerprint density at radius 1 is 1.32 bits per heavy atom. The van der Waals surface area contributed by atoms with Crippen LogP contribution in [-0.4, -0.2) is 6.10 Å². The van der Waals surface area contributed by atoms with E-state index in [1.807, 2.05) is 11.1 Å². The molecule has 1 aromatic carbocycles. The third-order valence-corrected chi connectivity index (χ3v) is 5.41. The predicted molar refractivity (Wildman–Crippen MR) is 76.8 cm³/mol. The standard InChI is InChI=1S/C14H11BrFNOS/c15-14-4-3-13(19-14)12-7-10-6-8-5-9(16)1-2-11(8)17(12)18-10/h1-5,10,12H,6-7H2/t10-,12+/m1/s1. The van der Waals surface area contributed by atoms with Gasteiger partial charge in [0.25, 0.3) is 0 Å². The van der Waals surface area contributed by atoms with E-state index in [9.17, 15) is 4.39 Å². The second kappa shape index (κ2) is 4.30. The lowest BCUT2D eigenvalue weighted by Crippen LogP contribution is -2.27. The first-order valence-electron chi connectivity index (χ1n) is 6.20. The highest BCUT2D eigenvalue weighted by Gasteiger charge is 2.40. The molecule has 0 aliphatic carbocycles. The molecule has 2 bridgehead atoms. The average Bonchev–Trinajstić information content (AvgIpc) is 2.94. The second-order valence-electron chi connectivity index (χ2n) is 4.92. The number of nitrogens with zero attached hydrogens (tertiary/aromatic N) is 1. The summed E-state index contributed by atoms with van der Waals surface area (Å²) >= 11 is 5.24. The lowest BCUT2D eigenvalue weighted by atomic mass is 10.0. The highest BCUT2D eigenvalue weighted by Crippen LogP contribution is 2.46. The van der Waals surface area contributed by atoms with E-state index in [1.165, 1.54) is 10.9 Å². The molecule has 2 nitrogen and oxygen atoms in total. The van der Waals surface area contributed by atoms with Crippen molar-refractivity contribution in [3.05, 3.63) is 50.4 Å². The molecule has 0 unspecified atom stereocenters. The zero-order valence-corrected chi connectivity index (χ0v) is 12.4. The van der Waals surface area contributed by atoms with Gasteiger partial charge in [-0.05, 0) is 51.8 Å². The molecule has 0 amide bonds. The van der Waals surface area contributed by atoms with Gasteiger partial charge in [-0.1, -0.05) is 0 Å². The summed E-state index contributed by atoms with van der Waals surface area (Å²) in [5, 5.41) is 1.96. The van der Waals surface area contributed by atoms with E-state index in [0.717, 1.165) is 27.9 Å². The van der Waals surface area contributed by atoms with Crippen LogP contribution in [-0.2, 0) is 11.3 Å². The maximum Gasteiger partial charge on any atom is 0.123 e. The third-order valence-electron chi connectivity index (χ3n) is 3.68. The van der Waals surface area contributed by atoms with Gasteiger partial charge in [0.1, 0.15) is 5.82 Å². The molecule has 4 rings (SSSR count). The molecule has 1 aromatic heterocycles. The molecule has 98 valence electrons. The summed E-state index contributed by atoms with van der Waals surface area (Å²) < 4.78 is 14.5. The first-order chi connectivity index (χ1) is 9.20. The molecule has 2 aliphatic rings. The highest BCUT2D eigenvalue weighted by atomic mass is 79.9. The fourth-order valence-corrected chi connectivity index (χ4v) is 4.40. The minimum atomic E-state index is -0.170. The van der Waals surface area contributed by atoms with Gasteiger partial charge in [-0.3, -0.25) is 4.84 Å². The van der Waals surface area contributed by atoms with Crippen molar-refractivity contribution in [3.63, 3.8) is 0 Å². The van der Waals surface area contributed by atoms with Crippen molar-refractivity contribution in [3.8, 4) is 0 Å². The van der Waals surface area contributed by atoms with Crippen LogP contribution in [0.1, 0.15) is 22.9 Å².